The van der Waals surface area contributed by atoms with Gasteiger partial charge in [0.2, 0.25) is 0 Å². The molecule has 0 radical (unpaired) electrons. The molecule has 7 heteroatoms. The molecule has 78 valence electrons. The molecule has 0 spiro atoms. The van der Waals surface area contributed by atoms with E-state index < -0.39 is 0 Å². The van der Waals surface area contributed by atoms with E-state index in [9.17, 15) is 0 Å². The molecule has 0 bridgehead atoms. The van der Waals surface area contributed by atoms with Crippen molar-refractivity contribution in [2.45, 2.75) is 6.04 Å². The van der Waals surface area contributed by atoms with Crippen molar-refractivity contribution >= 4 is 12.0 Å². The van der Waals surface area contributed by atoms with E-state index in [1.165, 1.54) is 0 Å². The van der Waals surface area contributed by atoms with Gasteiger partial charge in [0.25, 0.3) is 0 Å². The Bertz CT molecular complexity index is 303. The highest BCUT2D eigenvalue weighted by molar-refractivity contribution is 5.30. The molecule has 1 unspecified atom stereocenters. The monoisotopic (exact) mass is 200 g/mol. The number of hydrogen-bond acceptors (Lipinski definition) is 7. The van der Waals surface area contributed by atoms with Gasteiger partial charge < -0.3 is 24.9 Å². The van der Waals surface area contributed by atoms with Gasteiger partial charge in [-0.2, -0.15) is 0 Å². The number of morpholine rings is 1. The maximum Gasteiger partial charge on any atom is 0.319 e. The predicted octanol–water partition coefficient (Wildman–Crippen LogP) is -1.15. The third kappa shape index (κ3) is 1.64. The van der Waals surface area contributed by atoms with Crippen molar-refractivity contribution < 1.29 is 14.3 Å². The second-order valence-corrected chi connectivity index (χ2v) is 3.03. The van der Waals surface area contributed by atoms with Crippen LogP contribution in [0.4, 0.5) is 12.0 Å². The summed E-state index contributed by atoms with van der Waals surface area (Å²) in [7, 11) is 0. The standard InChI is InChI=1S/C7H12N4O3/c8-6-9-10-7(14-6)11-1-2-13-4-5(11)3-12/h5,12H,1-4H2,(H2,8,9). The average molecular weight is 200 g/mol. The Labute approximate surface area is 80.5 Å². The number of rotatable bonds is 2. The van der Waals surface area contributed by atoms with Gasteiger partial charge in [0, 0.05) is 6.54 Å². The first-order valence-electron chi connectivity index (χ1n) is 4.35. The smallest absolute Gasteiger partial charge is 0.319 e. The van der Waals surface area contributed by atoms with Crippen molar-refractivity contribution in [3.05, 3.63) is 0 Å². The SMILES string of the molecule is Nc1nnc(N2CCOCC2CO)o1. The van der Waals surface area contributed by atoms with Crippen molar-refractivity contribution in [1.82, 2.24) is 10.2 Å². The zero-order valence-corrected chi connectivity index (χ0v) is 7.59. The summed E-state index contributed by atoms with van der Waals surface area (Å²) in [6.45, 7) is 1.65. The van der Waals surface area contributed by atoms with Gasteiger partial charge in [-0.05, 0) is 0 Å². The highest BCUT2D eigenvalue weighted by Gasteiger charge is 2.26. The number of nitrogens with zero attached hydrogens (tertiary/aromatic N) is 3. The largest absolute Gasteiger partial charge is 0.394 e. The van der Waals surface area contributed by atoms with Crippen molar-refractivity contribution in [2.75, 3.05) is 37.0 Å². The zero-order valence-electron chi connectivity index (χ0n) is 7.59. The zero-order chi connectivity index (χ0) is 9.97. The molecule has 7 nitrogen and oxygen atoms in total. The molecule has 1 fully saturated rings. The summed E-state index contributed by atoms with van der Waals surface area (Å²) in [4.78, 5) is 1.80. The molecule has 1 aliphatic rings. The average Bonchev–Trinajstić information content (AvgIpc) is 2.65. The summed E-state index contributed by atoms with van der Waals surface area (Å²) >= 11 is 0. The minimum absolute atomic E-state index is 0.0116. The highest BCUT2D eigenvalue weighted by atomic mass is 16.5. The fraction of sp³-hybridized carbons (Fsp3) is 0.714. The summed E-state index contributed by atoms with van der Waals surface area (Å²) in [5.41, 5.74) is 5.31. The summed E-state index contributed by atoms with van der Waals surface area (Å²) in [6.07, 6.45) is 0. The van der Waals surface area contributed by atoms with Crippen LogP contribution in [0.1, 0.15) is 0 Å². The van der Waals surface area contributed by atoms with Crippen LogP contribution < -0.4 is 10.6 Å². The van der Waals surface area contributed by atoms with Gasteiger partial charge in [-0.1, -0.05) is 10.2 Å². The topological polar surface area (TPSA) is 97.6 Å². The van der Waals surface area contributed by atoms with Crippen LogP contribution in [0.2, 0.25) is 0 Å². The quantitative estimate of drug-likeness (QED) is 0.622. The van der Waals surface area contributed by atoms with E-state index in [4.69, 9.17) is 20.0 Å². The van der Waals surface area contributed by atoms with Gasteiger partial charge in [-0.15, -0.1) is 0 Å². The minimum atomic E-state index is -0.136. The maximum absolute atomic E-state index is 9.09. The van der Waals surface area contributed by atoms with Crippen LogP contribution in [-0.2, 0) is 4.74 Å². The molecule has 3 N–H and O–H groups in total. The Morgan fingerprint density at radius 1 is 1.57 bits per heavy atom. The molecule has 0 saturated carbocycles. The summed E-state index contributed by atoms with van der Waals surface area (Å²) < 4.78 is 10.3. The molecule has 1 atom stereocenters. The van der Waals surface area contributed by atoms with E-state index in [1.807, 2.05) is 0 Å². The Balaban J connectivity index is 2.14. The van der Waals surface area contributed by atoms with Gasteiger partial charge in [0.15, 0.2) is 0 Å². The van der Waals surface area contributed by atoms with Gasteiger partial charge in [-0.25, -0.2) is 0 Å². The molecule has 2 rings (SSSR count). The van der Waals surface area contributed by atoms with Crippen LogP contribution in [0.5, 0.6) is 0 Å². The molecule has 1 aromatic rings. The Kier molecular flexibility index (Phi) is 2.51. The lowest BCUT2D eigenvalue weighted by Gasteiger charge is -2.32. The Morgan fingerprint density at radius 3 is 3.07 bits per heavy atom. The second-order valence-electron chi connectivity index (χ2n) is 3.03. The molecule has 1 aromatic heterocycles. The van der Waals surface area contributed by atoms with E-state index >= 15 is 0 Å². The molecule has 0 amide bonds. The van der Waals surface area contributed by atoms with Gasteiger partial charge >= 0.3 is 12.0 Å². The predicted molar refractivity (Wildman–Crippen MR) is 47.7 cm³/mol. The van der Waals surface area contributed by atoms with Crippen LogP contribution in [0.15, 0.2) is 4.42 Å². The Morgan fingerprint density at radius 2 is 2.43 bits per heavy atom. The van der Waals surface area contributed by atoms with Crippen LogP contribution in [0, 0.1) is 0 Å². The summed E-state index contributed by atoms with van der Waals surface area (Å²) in [5.74, 6) is 0. The van der Waals surface area contributed by atoms with E-state index in [2.05, 4.69) is 10.2 Å². The van der Waals surface area contributed by atoms with Crippen molar-refractivity contribution in [3.63, 3.8) is 0 Å². The van der Waals surface area contributed by atoms with E-state index in [0.717, 1.165) is 0 Å². The fourth-order valence-corrected chi connectivity index (χ4v) is 1.40. The molecule has 14 heavy (non-hydrogen) atoms. The van der Waals surface area contributed by atoms with Crippen LogP contribution >= 0.6 is 0 Å². The van der Waals surface area contributed by atoms with Crippen LogP contribution in [0.25, 0.3) is 0 Å². The van der Waals surface area contributed by atoms with Gasteiger partial charge in [0.1, 0.15) is 0 Å². The molecule has 0 aliphatic carbocycles. The van der Waals surface area contributed by atoms with Crippen molar-refractivity contribution in [3.8, 4) is 0 Å². The molecular weight excluding hydrogens is 188 g/mol. The van der Waals surface area contributed by atoms with Crippen molar-refractivity contribution in [1.29, 1.82) is 0 Å². The lowest BCUT2D eigenvalue weighted by Crippen LogP contribution is -2.47. The van der Waals surface area contributed by atoms with Crippen molar-refractivity contribution in [2.24, 2.45) is 0 Å². The third-order valence-electron chi connectivity index (χ3n) is 2.11. The lowest BCUT2D eigenvalue weighted by atomic mass is 10.2. The lowest BCUT2D eigenvalue weighted by molar-refractivity contribution is 0.0699. The van der Waals surface area contributed by atoms with Crippen LogP contribution in [-0.4, -0.2) is 47.7 Å². The first-order chi connectivity index (χ1) is 6.81. The molecule has 0 aromatic carbocycles. The number of aliphatic hydroxyl groups is 1. The molecule has 1 aliphatic heterocycles. The molecular formula is C7H12N4O3. The normalized spacial score (nSPS) is 22.6. The summed E-state index contributed by atoms with van der Waals surface area (Å²) in [5, 5.41) is 16.4. The summed E-state index contributed by atoms with van der Waals surface area (Å²) in [6, 6.07) is 0.233. The number of ether oxygens (including phenoxy) is 1. The second kappa shape index (κ2) is 3.81. The van der Waals surface area contributed by atoms with Crippen LogP contribution in [0.3, 0.4) is 0 Å². The maximum atomic E-state index is 9.09. The fourth-order valence-electron chi connectivity index (χ4n) is 1.40. The number of aliphatic hydroxyl groups excluding tert-OH is 1. The first-order valence-corrected chi connectivity index (χ1v) is 4.35. The molecule has 1 saturated heterocycles. The van der Waals surface area contributed by atoms with E-state index in [0.29, 0.717) is 25.8 Å². The van der Waals surface area contributed by atoms with Gasteiger partial charge in [-0.3, -0.25) is 0 Å². The number of hydrogen-bond donors (Lipinski definition) is 2. The number of nitrogens with two attached hydrogens (primary N) is 1. The Hall–Kier alpha value is -1.34. The first kappa shape index (κ1) is 9.22. The van der Waals surface area contributed by atoms with E-state index in [1.54, 1.807) is 4.90 Å². The molecule has 2 heterocycles. The minimum Gasteiger partial charge on any atom is -0.394 e. The van der Waals surface area contributed by atoms with E-state index in [-0.39, 0.29) is 18.7 Å². The van der Waals surface area contributed by atoms with Gasteiger partial charge in [0.05, 0.1) is 25.9 Å². The highest BCUT2D eigenvalue weighted by Crippen LogP contribution is 2.18. The number of anilines is 2. The number of nitrogen functional groups attached to an aromatic ring is 1. The third-order valence-corrected chi connectivity index (χ3v) is 2.11. The number of aromatic nitrogens is 2.